The number of carbonyl (C=O) groups is 1. The van der Waals surface area contributed by atoms with Crippen LogP contribution in [0.4, 0.5) is 0 Å². The summed E-state index contributed by atoms with van der Waals surface area (Å²) in [5.74, 6) is 0.0417. The molecule has 1 aromatic rings. The van der Waals surface area contributed by atoms with Crippen molar-refractivity contribution in [2.75, 3.05) is 26.3 Å². The molecule has 5 nitrogen and oxygen atoms in total. The number of carbonyl (C=O) groups excluding carboxylic acids is 1. The van der Waals surface area contributed by atoms with Gasteiger partial charge in [-0.25, -0.2) is 0 Å². The maximum Gasteiger partial charge on any atom is 0.220 e. The van der Waals surface area contributed by atoms with Crippen LogP contribution in [0.15, 0.2) is 17.5 Å². The van der Waals surface area contributed by atoms with Crippen LogP contribution in [0.1, 0.15) is 24.1 Å². The molecule has 1 saturated heterocycles. The van der Waals surface area contributed by atoms with Crippen molar-refractivity contribution in [3.05, 3.63) is 22.4 Å². The Bertz CT molecular complexity index is 474. The van der Waals surface area contributed by atoms with Gasteiger partial charge in [-0.15, -0.1) is 11.3 Å². The molecule has 0 unspecified atom stereocenters. The number of hydrogen-bond acceptors (Lipinski definition) is 5. The van der Waals surface area contributed by atoms with Gasteiger partial charge in [0.05, 0.1) is 25.4 Å². The zero-order valence-corrected chi connectivity index (χ0v) is 13.6. The molecule has 122 valence electrons. The van der Waals surface area contributed by atoms with Gasteiger partial charge in [-0.1, -0.05) is 6.07 Å². The second-order valence-electron chi connectivity index (χ2n) is 6.04. The van der Waals surface area contributed by atoms with Crippen LogP contribution < -0.4 is 5.32 Å². The Balaban J connectivity index is 1.45. The SMILES string of the molecule is O=C(CCc1cccs1)N[C@@H]1CC[C@@H](N2CCOCC2)[C@@H]1O. The lowest BCUT2D eigenvalue weighted by Gasteiger charge is -2.34. The maximum atomic E-state index is 12.1. The normalized spacial score (nSPS) is 29.6. The fraction of sp³-hybridized carbons (Fsp3) is 0.688. The number of morpholine rings is 1. The molecular formula is C16H24N2O3S. The topological polar surface area (TPSA) is 61.8 Å². The minimum Gasteiger partial charge on any atom is -0.389 e. The molecule has 1 aromatic heterocycles. The predicted molar refractivity (Wildman–Crippen MR) is 86.0 cm³/mol. The van der Waals surface area contributed by atoms with E-state index in [1.165, 1.54) is 4.88 Å². The molecule has 6 heteroatoms. The molecule has 0 bridgehead atoms. The van der Waals surface area contributed by atoms with Crippen molar-refractivity contribution in [2.45, 2.75) is 43.9 Å². The number of hydrogen-bond donors (Lipinski definition) is 2. The number of aryl methyl sites for hydroxylation is 1. The largest absolute Gasteiger partial charge is 0.389 e. The number of amides is 1. The summed E-state index contributed by atoms with van der Waals surface area (Å²) >= 11 is 1.68. The van der Waals surface area contributed by atoms with Gasteiger partial charge in [0.1, 0.15) is 0 Å². The van der Waals surface area contributed by atoms with E-state index in [0.29, 0.717) is 6.42 Å². The number of rotatable bonds is 5. The van der Waals surface area contributed by atoms with Crippen molar-refractivity contribution in [1.82, 2.24) is 10.2 Å². The standard InChI is InChI=1S/C16H24N2O3S/c19-15(6-3-12-2-1-11-22-12)17-13-4-5-14(16(13)20)18-7-9-21-10-8-18/h1-2,11,13-14,16,20H,3-10H2,(H,17,19)/t13-,14-,16-/m1/s1. The summed E-state index contributed by atoms with van der Waals surface area (Å²) in [5.41, 5.74) is 0. The van der Waals surface area contributed by atoms with Crippen LogP contribution in [0.2, 0.25) is 0 Å². The Labute approximate surface area is 135 Å². The van der Waals surface area contributed by atoms with Crippen molar-refractivity contribution in [3.8, 4) is 0 Å². The van der Waals surface area contributed by atoms with E-state index in [-0.39, 0.29) is 18.0 Å². The highest BCUT2D eigenvalue weighted by molar-refractivity contribution is 7.09. The Morgan fingerprint density at radius 1 is 1.41 bits per heavy atom. The van der Waals surface area contributed by atoms with Gasteiger partial charge in [0.2, 0.25) is 5.91 Å². The fourth-order valence-corrected chi connectivity index (χ4v) is 4.10. The average molecular weight is 324 g/mol. The maximum absolute atomic E-state index is 12.1. The predicted octanol–water partition coefficient (Wildman–Crippen LogP) is 1.02. The first-order chi connectivity index (χ1) is 10.7. The number of nitrogens with zero attached hydrogens (tertiary/aromatic N) is 1. The van der Waals surface area contributed by atoms with Crippen molar-refractivity contribution >= 4 is 17.2 Å². The smallest absolute Gasteiger partial charge is 0.220 e. The quantitative estimate of drug-likeness (QED) is 0.849. The van der Waals surface area contributed by atoms with Gasteiger partial charge in [0.15, 0.2) is 0 Å². The number of thiophene rings is 1. The molecule has 1 aliphatic carbocycles. The first-order valence-electron chi connectivity index (χ1n) is 8.05. The van der Waals surface area contributed by atoms with Crippen LogP contribution in [0.5, 0.6) is 0 Å². The van der Waals surface area contributed by atoms with Crippen molar-refractivity contribution in [3.63, 3.8) is 0 Å². The molecule has 1 aliphatic heterocycles. The third-order valence-electron chi connectivity index (χ3n) is 4.62. The molecule has 2 fully saturated rings. The van der Waals surface area contributed by atoms with Crippen LogP contribution in [0.25, 0.3) is 0 Å². The summed E-state index contributed by atoms with van der Waals surface area (Å²) in [7, 11) is 0. The molecule has 0 aromatic carbocycles. The molecule has 1 saturated carbocycles. The molecule has 2 N–H and O–H groups in total. The van der Waals surface area contributed by atoms with Gasteiger partial charge in [-0.3, -0.25) is 9.69 Å². The third kappa shape index (κ3) is 3.87. The highest BCUT2D eigenvalue weighted by Crippen LogP contribution is 2.25. The number of aliphatic hydroxyl groups excluding tert-OH is 1. The molecule has 2 heterocycles. The average Bonchev–Trinajstić information content (AvgIpc) is 3.17. The van der Waals surface area contributed by atoms with Crippen LogP contribution in [-0.4, -0.2) is 60.4 Å². The molecule has 0 radical (unpaired) electrons. The van der Waals surface area contributed by atoms with Crippen molar-refractivity contribution in [2.24, 2.45) is 0 Å². The first kappa shape index (κ1) is 15.9. The molecule has 3 rings (SSSR count). The zero-order valence-electron chi connectivity index (χ0n) is 12.7. The molecule has 22 heavy (non-hydrogen) atoms. The Kier molecular flexibility index (Phi) is 5.46. The van der Waals surface area contributed by atoms with Crippen LogP contribution in [-0.2, 0) is 16.0 Å². The number of nitrogens with one attached hydrogen (secondary N) is 1. The van der Waals surface area contributed by atoms with E-state index in [1.807, 2.05) is 11.4 Å². The Morgan fingerprint density at radius 2 is 2.23 bits per heavy atom. The third-order valence-corrected chi connectivity index (χ3v) is 5.56. The van der Waals surface area contributed by atoms with E-state index in [0.717, 1.165) is 45.6 Å². The van der Waals surface area contributed by atoms with E-state index >= 15 is 0 Å². The highest BCUT2D eigenvalue weighted by Gasteiger charge is 2.39. The highest BCUT2D eigenvalue weighted by atomic mass is 32.1. The molecular weight excluding hydrogens is 300 g/mol. The zero-order chi connectivity index (χ0) is 15.4. The summed E-state index contributed by atoms with van der Waals surface area (Å²) in [5, 5.41) is 15.6. The van der Waals surface area contributed by atoms with Crippen molar-refractivity contribution < 1.29 is 14.6 Å². The molecule has 3 atom stereocenters. The van der Waals surface area contributed by atoms with Gasteiger partial charge >= 0.3 is 0 Å². The van der Waals surface area contributed by atoms with E-state index in [4.69, 9.17) is 4.74 Å². The van der Waals surface area contributed by atoms with E-state index in [1.54, 1.807) is 11.3 Å². The minimum atomic E-state index is -0.469. The van der Waals surface area contributed by atoms with Gasteiger partial charge < -0.3 is 15.2 Å². The Hall–Kier alpha value is -0.950. The van der Waals surface area contributed by atoms with Gasteiger partial charge in [0.25, 0.3) is 0 Å². The second kappa shape index (κ2) is 7.55. The molecule has 0 spiro atoms. The summed E-state index contributed by atoms with van der Waals surface area (Å²) in [6.45, 7) is 3.23. The van der Waals surface area contributed by atoms with Crippen molar-refractivity contribution in [1.29, 1.82) is 0 Å². The van der Waals surface area contributed by atoms with E-state index < -0.39 is 6.10 Å². The number of aliphatic hydroxyl groups is 1. The lowest BCUT2D eigenvalue weighted by molar-refractivity contribution is -0.122. The molecule has 1 amide bonds. The first-order valence-corrected chi connectivity index (χ1v) is 8.93. The fourth-order valence-electron chi connectivity index (χ4n) is 3.40. The summed E-state index contributed by atoms with van der Waals surface area (Å²) < 4.78 is 5.36. The summed E-state index contributed by atoms with van der Waals surface area (Å²) in [6.07, 6.45) is 2.60. The lowest BCUT2D eigenvalue weighted by Crippen LogP contribution is -2.51. The monoisotopic (exact) mass is 324 g/mol. The van der Waals surface area contributed by atoms with Crippen LogP contribution >= 0.6 is 11.3 Å². The second-order valence-corrected chi connectivity index (χ2v) is 7.07. The minimum absolute atomic E-state index is 0.0417. The van der Waals surface area contributed by atoms with E-state index in [2.05, 4.69) is 16.3 Å². The number of ether oxygens (including phenoxy) is 1. The van der Waals surface area contributed by atoms with Crippen LogP contribution in [0, 0.1) is 0 Å². The van der Waals surface area contributed by atoms with Crippen LogP contribution in [0.3, 0.4) is 0 Å². The van der Waals surface area contributed by atoms with Gasteiger partial charge in [0, 0.05) is 30.4 Å². The van der Waals surface area contributed by atoms with Gasteiger partial charge in [-0.2, -0.15) is 0 Å². The lowest BCUT2D eigenvalue weighted by atomic mass is 10.1. The Morgan fingerprint density at radius 3 is 2.95 bits per heavy atom. The van der Waals surface area contributed by atoms with E-state index in [9.17, 15) is 9.90 Å². The summed E-state index contributed by atoms with van der Waals surface area (Å²) in [6, 6.07) is 4.11. The molecule has 2 aliphatic rings. The summed E-state index contributed by atoms with van der Waals surface area (Å²) in [4.78, 5) is 15.6. The van der Waals surface area contributed by atoms with Gasteiger partial charge in [-0.05, 0) is 30.7 Å².